The molecule has 1 aromatic carbocycles. The van der Waals surface area contributed by atoms with E-state index in [4.69, 9.17) is 4.74 Å². The monoisotopic (exact) mass is 280 g/mol. The smallest absolute Gasteiger partial charge is 0.253 e. The fourth-order valence-corrected chi connectivity index (χ4v) is 1.82. The van der Waals surface area contributed by atoms with E-state index in [1.54, 1.807) is 6.07 Å². The van der Waals surface area contributed by atoms with Crippen molar-refractivity contribution < 1.29 is 14.6 Å². The lowest BCUT2D eigenvalue weighted by molar-refractivity contribution is 0.0588. The second-order valence-electron chi connectivity index (χ2n) is 4.63. The number of methoxy groups -OCH3 is 1. The highest BCUT2D eigenvalue weighted by Gasteiger charge is 2.11. The molecule has 1 unspecified atom stereocenters. The summed E-state index contributed by atoms with van der Waals surface area (Å²) in [6, 6.07) is 7.42. The Morgan fingerprint density at radius 1 is 1.35 bits per heavy atom. The predicted octanol–water partition coefficient (Wildman–Crippen LogP) is 1.64. The summed E-state index contributed by atoms with van der Waals surface area (Å²) in [6.45, 7) is 3.61. The van der Waals surface area contributed by atoms with E-state index < -0.39 is 6.10 Å². The molecule has 20 heavy (non-hydrogen) atoms. The standard InChI is InChI=1S/C15H24N2O3/c1-3-9-16-14-7-5-4-6-13(14)15(19)17-10-8-12(18)11-20-2/h4-7,12,16,18H,3,8-11H2,1-2H3,(H,17,19). The number of aliphatic hydroxyl groups is 1. The molecule has 5 heteroatoms. The number of ether oxygens (including phenoxy) is 1. The van der Waals surface area contributed by atoms with Crippen molar-refractivity contribution >= 4 is 11.6 Å². The van der Waals surface area contributed by atoms with Crippen molar-refractivity contribution in [3.8, 4) is 0 Å². The summed E-state index contributed by atoms with van der Waals surface area (Å²) >= 11 is 0. The fraction of sp³-hybridized carbons (Fsp3) is 0.533. The second kappa shape index (κ2) is 9.34. The Labute approximate surface area is 120 Å². The van der Waals surface area contributed by atoms with Gasteiger partial charge < -0.3 is 20.5 Å². The van der Waals surface area contributed by atoms with Gasteiger partial charge >= 0.3 is 0 Å². The fourth-order valence-electron chi connectivity index (χ4n) is 1.82. The predicted molar refractivity (Wildman–Crippen MR) is 80.1 cm³/mol. The lowest BCUT2D eigenvalue weighted by Gasteiger charge is -2.13. The lowest BCUT2D eigenvalue weighted by Crippen LogP contribution is -2.29. The van der Waals surface area contributed by atoms with Gasteiger partial charge in [0.25, 0.3) is 5.91 Å². The molecule has 0 aliphatic rings. The van der Waals surface area contributed by atoms with Gasteiger partial charge in [0.2, 0.25) is 0 Å². The summed E-state index contributed by atoms with van der Waals surface area (Å²) < 4.78 is 4.84. The van der Waals surface area contributed by atoms with Gasteiger partial charge in [-0.25, -0.2) is 0 Å². The van der Waals surface area contributed by atoms with Gasteiger partial charge in [0.05, 0.1) is 18.3 Å². The summed E-state index contributed by atoms with van der Waals surface area (Å²) in [6.07, 6.45) is 0.928. The van der Waals surface area contributed by atoms with Crippen molar-refractivity contribution in [1.29, 1.82) is 0 Å². The zero-order valence-corrected chi connectivity index (χ0v) is 12.2. The van der Waals surface area contributed by atoms with Gasteiger partial charge in [-0.1, -0.05) is 19.1 Å². The Balaban J connectivity index is 2.50. The SMILES string of the molecule is CCCNc1ccccc1C(=O)NCCC(O)COC. The number of amides is 1. The molecule has 0 saturated heterocycles. The van der Waals surface area contributed by atoms with Crippen LogP contribution in [0.3, 0.4) is 0 Å². The minimum absolute atomic E-state index is 0.131. The first kappa shape index (κ1) is 16.5. The second-order valence-corrected chi connectivity index (χ2v) is 4.63. The van der Waals surface area contributed by atoms with Crippen LogP contribution < -0.4 is 10.6 Å². The summed E-state index contributed by atoms with van der Waals surface area (Å²) in [5.74, 6) is -0.131. The molecule has 3 N–H and O–H groups in total. The van der Waals surface area contributed by atoms with Crippen LogP contribution in [0.25, 0.3) is 0 Å². The molecular weight excluding hydrogens is 256 g/mol. The van der Waals surface area contributed by atoms with Gasteiger partial charge in [0.15, 0.2) is 0 Å². The van der Waals surface area contributed by atoms with Crippen molar-refractivity contribution in [2.45, 2.75) is 25.9 Å². The first-order valence-corrected chi connectivity index (χ1v) is 6.97. The number of aliphatic hydroxyl groups excluding tert-OH is 1. The average molecular weight is 280 g/mol. The van der Waals surface area contributed by atoms with Crippen molar-refractivity contribution in [3.05, 3.63) is 29.8 Å². The molecule has 1 amide bonds. The molecule has 0 aliphatic carbocycles. The van der Waals surface area contributed by atoms with Crippen LogP contribution in [0.5, 0.6) is 0 Å². The van der Waals surface area contributed by atoms with Crippen LogP contribution in [0, 0.1) is 0 Å². The molecule has 0 saturated carbocycles. The van der Waals surface area contributed by atoms with E-state index >= 15 is 0 Å². The lowest BCUT2D eigenvalue weighted by atomic mass is 10.1. The zero-order chi connectivity index (χ0) is 14.8. The highest BCUT2D eigenvalue weighted by atomic mass is 16.5. The maximum atomic E-state index is 12.1. The van der Waals surface area contributed by atoms with E-state index in [0.29, 0.717) is 18.5 Å². The first-order valence-electron chi connectivity index (χ1n) is 6.97. The molecule has 0 spiro atoms. The van der Waals surface area contributed by atoms with E-state index in [0.717, 1.165) is 18.7 Å². The van der Waals surface area contributed by atoms with Crippen LogP contribution in [0.2, 0.25) is 0 Å². The maximum Gasteiger partial charge on any atom is 0.253 e. The van der Waals surface area contributed by atoms with Crippen LogP contribution >= 0.6 is 0 Å². The van der Waals surface area contributed by atoms with Gasteiger partial charge in [0, 0.05) is 25.9 Å². The van der Waals surface area contributed by atoms with E-state index in [1.165, 1.54) is 7.11 Å². The number of para-hydroxylation sites is 1. The minimum Gasteiger partial charge on any atom is -0.391 e. The van der Waals surface area contributed by atoms with Crippen molar-refractivity contribution in [1.82, 2.24) is 5.32 Å². The summed E-state index contributed by atoms with van der Waals surface area (Å²) in [5.41, 5.74) is 1.46. The number of hydrogen-bond acceptors (Lipinski definition) is 4. The molecule has 1 aromatic rings. The van der Waals surface area contributed by atoms with E-state index in [1.807, 2.05) is 18.2 Å². The quantitative estimate of drug-likeness (QED) is 0.643. The molecular formula is C15H24N2O3. The molecule has 1 rings (SSSR count). The van der Waals surface area contributed by atoms with Gasteiger partial charge in [-0.05, 0) is 25.0 Å². The number of carbonyl (C=O) groups excluding carboxylic acids is 1. The Bertz CT molecular complexity index is 410. The zero-order valence-electron chi connectivity index (χ0n) is 12.2. The van der Waals surface area contributed by atoms with E-state index in [9.17, 15) is 9.90 Å². The van der Waals surface area contributed by atoms with Crippen molar-refractivity contribution in [3.63, 3.8) is 0 Å². The highest BCUT2D eigenvalue weighted by molar-refractivity contribution is 5.99. The van der Waals surface area contributed by atoms with Crippen molar-refractivity contribution in [2.24, 2.45) is 0 Å². The van der Waals surface area contributed by atoms with Gasteiger partial charge in [0.1, 0.15) is 0 Å². The topological polar surface area (TPSA) is 70.6 Å². The molecule has 0 bridgehead atoms. The van der Waals surface area contributed by atoms with Crippen LogP contribution in [-0.4, -0.2) is 43.9 Å². The first-order chi connectivity index (χ1) is 9.69. The number of hydrogen-bond donors (Lipinski definition) is 3. The molecule has 0 radical (unpaired) electrons. The normalized spacial score (nSPS) is 11.9. The van der Waals surface area contributed by atoms with Gasteiger partial charge in [-0.3, -0.25) is 4.79 Å². The van der Waals surface area contributed by atoms with Crippen molar-refractivity contribution in [2.75, 3.05) is 32.1 Å². The maximum absolute atomic E-state index is 12.1. The Morgan fingerprint density at radius 2 is 2.10 bits per heavy atom. The number of nitrogens with one attached hydrogen (secondary N) is 2. The van der Waals surface area contributed by atoms with Crippen LogP contribution in [-0.2, 0) is 4.74 Å². The third-order valence-corrected chi connectivity index (χ3v) is 2.86. The third kappa shape index (κ3) is 5.59. The summed E-state index contributed by atoms with van der Waals surface area (Å²) in [5, 5.41) is 15.6. The Kier molecular flexibility index (Phi) is 7.69. The van der Waals surface area contributed by atoms with Gasteiger partial charge in [-0.15, -0.1) is 0 Å². The van der Waals surface area contributed by atoms with E-state index in [-0.39, 0.29) is 12.5 Å². The molecule has 1 atom stereocenters. The third-order valence-electron chi connectivity index (χ3n) is 2.86. The molecule has 0 fully saturated rings. The Hall–Kier alpha value is -1.59. The summed E-state index contributed by atoms with van der Waals surface area (Å²) in [7, 11) is 1.54. The number of rotatable bonds is 9. The van der Waals surface area contributed by atoms with Crippen LogP contribution in [0.1, 0.15) is 30.1 Å². The molecule has 0 aliphatic heterocycles. The highest BCUT2D eigenvalue weighted by Crippen LogP contribution is 2.14. The largest absolute Gasteiger partial charge is 0.391 e. The molecule has 112 valence electrons. The van der Waals surface area contributed by atoms with Crippen LogP contribution in [0.4, 0.5) is 5.69 Å². The van der Waals surface area contributed by atoms with Gasteiger partial charge in [-0.2, -0.15) is 0 Å². The van der Waals surface area contributed by atoms with E-state index in [2.05, 4.69) is 17.6 Å². The summed E-state index contributed by atoms with van der Waals surface area (Å²) in [4.78, 5) is 12.1. The average Bonchev–Trinajstić information content (AvgIpc) is 2.45. The molecule has 0 aromatic heterocycles. The minimum atomic E-state index is -0.547. The molecule has 5 nitrogen and oxygen atoms in total. The number of anilines is 1. The Morgan fingerprint density at radius 3 is 2.80 bits per heavy atom. The molecule has 0 heterocycles. The number of carbonyl (C=O) groups is 1. The van der Waals surface area contributed by atoms with Crippen LogP contribution in [0.15, 0.2) is 24.3 Å². The number of benzene rings is 1.